The van der Waals surface area contributed by atoms with Crippen LogP contribution in [0.2, 0.25) is 0 Å². The number of hydrogen-bond acceptors (Lipinski definition) is 8. The molecule has 1 aliphatic rings. The third-order valence-corrected chi connectivity index (χ3v) is 6.71. The van der Waals surface area contributed by atoms with Crippen molar-refractivity contribution in [3.05, 3.63) is 63.5 Å². The number of benzene rings is 1. The smallest absolute Gasteiger partial charge is 0.286 e. The summed E-state index contributed by atoms with van der Waals surface area (Å²) in [6.45, 7) is 7.23. The molecule has 35 heavy (non-hydrogen) atoms. The first-order chi connectivity index (χ1) is 16.7. The molecule has 2 aromatic heterocycles. The standard InChI is InChI=1S/C25H27N5O4S/c1-14(2)22(23(33)25-29-28-20(34-25)11-17-7-5-6-15(3)10-17)27-19(31)13-30-18-8-9-35-24(18)16(4)26-12-21(30)32/h5-10,14,22H,11-13H2,1-4H3,(H,27,31)/t22-/m0/s1. The van der Waals surface area contributed by atoms with Crippen molar-refractivity contribution in [2.24, 2.45) is 10.9 Å². The van der Waals surface area contributed by atoms with E-state index < -0.39 is 17.7 Å². The molecule has 0 fully saturated rings. The highest BCUT2D eigenvalue weighted by Gasteiger charge is 2.32. The van der Waals surface area contributed by atoms with Gasteiger partial charge >= 0.3 is 0 Å². The van der Waals surface area contributed by atoms with Crippen LogP contribution in [0.3, 0.4) is 0 Å². The van der Waals surface area contributed by atoms with Gasteiger partial charge in [0, 0.05) is 0 Å². The average Bonchev–Trinajstić information content (AvgIpc) is 3.46. The minimum absolute atomic E-state index is 0.0290. The maximum atomic E-state index is 13.1. The summed E-state index contributed by atoms with van der Waals surface area (Å²) in [7, 11) is 0. The number of nitrogens with one attached hydrogen (secondary N) is 1. The highest BCUT2D eigenvalue weighted by atomic mass is 32.1. The first-order valence-corrected chi connectivity index (χ1v) is 12.2. The lowest BCUT2D eigenvalue weighted by Gasteiger charge is -2.24. The van der Waals surface area contributed by atoms with E-state index in [1.165, 1.54) is 16.2 Å². The highest BCUT2D eigenvalue weighted by molar-refractivity contribution is 7.12. The lowest BCUT2D eigenvalue weighted by atomic mass is 9.99. The Labute approximate surface area is 207 Å². The van der Waals surface area contributed by atoms with Crippen LogP contribution in [0.5, 0.6) is 0 Å². The number of aryl methyl sites for hydroxylation is 1. The number of anilines is 1. The molecule has 182 valence electrons. The number of hydrogen-bond donors (Lipinski definition) is 1. The first-order valence-electron chi connectivity index (χ1n) is 11.3. The summed E-state index contributed by atoms with van der Waals surface area (Å²) in [5.74, 6) is -1.26. The Bertz CT molecular complexity index is 1290. The zero-order valence-corrected chi connectivity index (χ0v) is 20.9. The average molecular weight is 494 g/mol. The van der Waals surface area contributed by atoms with E-state index in [4.69, 9.17) is 4.42 Å². The van der Waals surface area contributed by atoms with Crippen molar-refractivity contribution in [3.63, 3.8) is 0 Å². The Morgan fingerprint density at radius 3 is 2.74 bits per heavy atom. The Kier molecular flexibility index (Phi) is 7.20. The number of carbonyl (C=O) groups is 3. The van der Waals surface area contributed by atoms with E-state index in [1.54, 1.807) is 6.07 Å². The normalized spacial score (nSPS) is 14.4. The minimum atomic E-state index is -0.878. The van der Waals surface area contributed by atoms with Gasteiger partial charge in [0.2, 0.25) is 23.5 Å². The maximum Gasteiger partial charge on any atom is 0.286 e. The second-order valence-corrected chi connectivity index (χ2v) is 9.75. The monoisotopic (exact) mass is 493 g/mol. The van der Waals surface area contributed by atoms with Crippen molar-refractivity contribution in [1.82, 2.24) is 15.5 Å². The second kappa shape index (κ2) is 10.3. The molecule has 3 aromatic rings. The van der Waals surface area contributed by atoms with Gasteiger partial charge in [0.1, 0.15) is 13.1 Å². The highest BCUT2D eigenvalue weighted by Crippen LogP contribution is 2.29. The molecular weight excluding hydrogens is 466 g/mol. The summed E-state index contributed by atoms with van der Waals surface area (Å²) in [6, 6.07) is 8.82. The molecule has 2 amide bonds. The van der Waals surface area contributed by atoms with E-state index in [2.05, 4.69) is 20.5 Å². The molecule has 9 nitrogen and oxygen atoms in total. The lowest BCUT2D eigenvalue weighted by Crippen LogP contribution is -2.49. The largest absolute Gasteiger partial charge is 0.418 e. The third kappa shape index (κ3) is 5.54. The fraction of sp³-hybridized carbons (Fsp3) is 0.360. The maximum absolute atomic E-state index is 13.1. The number of nitrogens with zero attached hydrogens (tertiary/aromatic N) is 4. The number of aliphatic imine (C=N–C) groups is 1. The van der Waals surface area contributed by atoms with Crippen LogP contribution in [0, 0.1) is 12.8 Å². The summed E-state index contributed by atoms with van der Waals surface area (Å²) in [4.78, 5) is 45.3. The number of amides is 2. The van der Waals surface area contributed by atoms with Crippen LogP contribution in [0.15, 0.2) is 45.1 Å². The number of aromatic nitrogens is 2. The molecule has 0 unspecified atom stereocenters. The summed E-state index contributed by atoms with van der Waals surface area (Å²) in [5, 5.41) is 12.5. The van der Waals surface area contributed by atoms with Gasteiger partial charge in [0.25, 0.3) is 5.89 Å². The first kappa shape index (κ1) is 24.5. The van der Waals surface area contributed by atoms with Crippen LogP contribution in [0.25, 0.3) is 0 Å². The van der Waals surface area contributed by atoms with Crippen LogP contribution in [0.1, 0.15) is 53.4 Å². The molecule has 3 heterocycles. The zero-order valence-electron chi connectivity index (χ0n) is 20.1. The Hall–Kier alpha value is -3.66. The molecule has 0 spiro atoms. The molecule has 0 bridgehead atoms. The van der Waals surface area contributed by atoms with E-state index in [1.807, 2.05) is 57.3 Å². The summed E-state index contributed by atoms with van der Waals surface area (Å²) in [6.07, 6.45) is 0.405. The molecule has 0 radical (unpaired) electrons. The third-order valence-electron chi connectivity index (χ3n) is 5.70. The number of ketones is 1. The Morgan fingerprint density at radius 2 is 2.00 bits per heavy atom. The van der Waals surface area contributed by atoms with E-state index in [9.17, 15) is 14.4 Å². The molecule has 0 saturated carbocycles. The summed E-state index contributed by atoms with van der Waals surface area (Å²) in [5.41, 5.74) is 3.52. The summed E-state index contributed by atoms with van der Waals surface area (Å²) < 4.78 is 5.63. The molecule has 0 aliphatic carbocycles. The van der Waals surface area contributed by atoms with Crippen LogP contribution in [-0.2, 0) is 16.0 Å². The molecule has 1 N–H and O–H groups in total. The predicted molar refractivity (Wildman–Crippen MR) is 133 cm³/mol. The van der Waals surface area contributed by atoms with Gasteiger partial charge in [-0.15, -0.1) is 21.5 Å². The topological polar surface area (TPSA) is 118 Å². The van der Waals surface area contributed by atoms with Crippen LogP contribution in [-0.4, -0.2) is 52.6 Å². The van der Waals surface area contributed by atoms with Gasteiger partial charge < -0.3 is 9.73 Å². The SMILES string of the molecule is CC1=NCC(=O)N(CC(=O)N[C@H](C(=O)c2nnc(Cc3cccc(C)c3)o2)C(C)C)c2ccsc21. The number of rotatable bonds is 8. The minimum Gasteiger partial charge on any atom is -0.418 e. The lowest BCUT2D eigenvalue weighted by molar-refractivity contribution is -0.123. The Morgan fingerprint density at radius 1 is 1.20 bits per heavy atom. The van der Waals surface area contributed by atoms with E-state index >= 15 is 0 Å². The van der Waals surface area contributed by atoms with Crippen molar-refractivity contribution in [2.45, 2.75) is 40.2 Å². The molecule has 1 atom stereocenters. The fourth-order valence-electron chi connectivity index (χ4n) is 3.89. The second-order valence-electron chi connectivity index (χ2n) is 8.84. The van der Waals surface area contributed by atoms with Crippen LogP contribution in [0.4, 0.5) is 5.69 Å². The van der Waals surface area contributed by atoms with E-state index in [0.29, 0.717) is 18.0 Å². The van der Waals surface area contributed by atoms with E-state index in [0.717, 1.165) is 21.7 Å². The van der Waals surface area contributed by atoms with Crippen molar-refractivity contribution >= 4 is 40.3 Å². The van der Waals surface area contributed by atoms with Crippen LogP contribution < -0.4 is 10.2 Å². The van der Waals surface area contributed by atoms with Crippen molar-refractivity contribution in [1.29, 1.82) is 0 Å². The number of carbonyl (C=O) groups excluding carboxylic acids is 3. The van der Waals surface area contributed by atoms with Crippen molar-refractivity contribution < 1.29 is 18.8 Å². The number of fused-ring (bicyclic) bond motifs is 1. The quantitative estimate of drug-likeness (QED) is 0.482. The van der Waals surface area contributed by atoms with Gasteiger partial charge in [0.15, 0.2) is 0 Å². The van der Waals surface area contributed by atoms with Gasteiger partial charge in [-0.1, -0.05) is 43.7 Å². The molecule has 1 aliphatic heterocycles. The number of Topliss-reactive ketones (excluding diaryl/α,β-unsaturated/α-hetero) is 1. The van der Waals surface area contributed by atoms with Crippen molar-refractivity contribution in [2.75, 3.05) is 18.0 Å². The van der Waals surface area contributed by atoms with E-state index in [-0.39, 0.29) is 30.8 Å². The van der Waals surface area contributed by atoms with Gasteiger partial charge in [-0.2, -0.15) is 0 Å². The molecule has 0 saturated heterocycles. The zero-order chi connectivity index (χ0) is 25.1. The van der Waals surface area contributed by atoms with Gasteiger partial charge in [-0.25, -0.2) is 0 Å². The van der Waals surface area contributed by atoms with Gasteiger partial charge in [-0.05, 0) is 36.8 Å². The summed E-state index contributed by atoms with van der Waals surface area (Å²) >= 11 is 1.47. The molecule has 1 aromatic carbocycles. The van der Waals surface area contributed by atoms with Crippen molar-refractivity contribution in [3.8, 4) is 0 Å². The van der Waals surface area contributed by atoms with Gasteiger partial charge in [0.05, 0.1) is 28.7 Å². The molecular formula is C25H27N5O4S. The number of thiophene rings is 1. The Balaban J connectivity index is 1.45. The fourth-order valence-corrected chi connectivity index (χ4v) is 4.76. The van der Waals surface area contributed by atoms with Crippen LogP contribution >= 0.6 is 11.3 Å². The molecule has 4 rings (SSSR count). The molecule has 10 heteroatoms. The predicted octanol–water partition coefficient (Wildman–Crippen LogP) is 3.21. The van der Waals surface area contributed by atoms with Gasteiger partial charge in [-0.3, -0.25) is 24.3 Å².